The van der Waals surface area contributed by atoms with Crippen LogP contribution in [0.25, 0.3) is 0 Å². The van der Waals surface area contributed by atoms with Crippen molar-refractivity contribution in [1.82, 2.24) is 9.80 Å². The van der Waals surface area contributed by atoms with Crippen LogP contribution in [0.2, 0.25) is 0 Å². The zero-order valence-electron chi connectivity index (χ0n) is 26.7. The highest BCUT2D eigenvalue weighted by Gasteiger charge is 2.35. The molecule has 5 rings (SSSR count). The van der Waals surface area contributed by atoms with E-state index in [0.29, 0.717) is 30.9 Å². The number of benzene rings is 4. The maximum atomic E-state index is 14.0. The Bertz CT molecular complexity index is 1670. The van der Waals surface area contributed by atoms with E-state index in [0.717, 1.165) is 5.56 Å². The van der Waals surface area contributed by atoms with Gasteiger partial charge in [-0.2, -0.15) is 0 Å². The second-order valence-corrected chi connectivity index (χ2v) is 12.0. The van der Waals surface area contributed by atoms with Crippen LogP contribution in [-0.2, 0) is 11.3 Å². The number of carbonyl (C=O) groups is 2. The summed E-state index contributed by atoms with van der Waals surface area (Å²) < 4.78 is 26.3. The highest BCUT2D eigenvalue weighted by molar-refractivity contribution is 6.02. The minimum atomic E-state index is -1.42. The minimum absolute atomic E-state index is 0.154. The number of nitrogens with zero attached hydrogens (tertiary/aromatic N) is 2. The summed E-state index contributed by atoms with van der Waals surface area (Å²) >= 11 is 0. The molecule has 1 unspecified atom stereocenters. The van der Waals surface area contributed by atoms with Gasteiger partial charge in [0.1, 0.15) is 11.9 Å². The van der Waals surface area contributed by atoms with Crippen molar-refractivity contribution in [3.63, 3.8) is 0 Å². The Labute approximate surface area is 274 Å². The average Bonchev–Trinajstić information content (AvgIpc) is 3.08. The number of amides is 2. The number of hydrogen-bond acceptors (Lipinski definition) is 7. The SMILES string of the molecule is C[C@@H]1CN([C@@H](C)CO)C(=O)c2cccc(NC(=O)C(O)c3ccccc3)c2O[C@@H]1CN(C)Cc1ccc(Oc2ccccc2F)cc1. The van der Waals surface area contributed by atoms with Gasteiger partial charge in [-0.15, -0.1) is 0 Å². The molecule has 0 radical (unpaired) electrons. The summed E-state index contributed by atoms with van der Waals surface area (Å²) in [6.45, 7) is 4.95. The van der Waals surface area contributed by atoms with E-state index in [1.165, 1.54) is 6.07 Å². The molecule has 0 bridgehead atoms. The van der Waals surface area contributed by atoms with E-state index in [4.69, 9.17) is 9.47 Å². The number of anilines is 1. The van der Waals surface area contributed by atoms with E-state index >= 15 is 0 Å². The van der Waals surface area contributed by atoms with Crippen molar-refractivity contribution in [1.29, 1.82) is 0 Å². The fraction of sp³-hybridized carbons (Fsp3) is 0.297. The second kappa shape index (κ2) is 15.2. The molecule has 0 spiro atoms. The van der Waals surface area contributed by atoms with E-state index < -0.39 is 30.0 Å². The molecular weight excluding hydrogens is 601 g/mol. The molecule has 2 amide bonds. The zero-order chi connectivity index (χ0) is 33.5. The van der Waals surface area contributed by atoms with Crippen LogP contribution in [-0.4, -0.2) is 70.7 Å². The van der Waals surface area contributed by atoms with E-state index in [2.05, 4.69) is 10.2 Å². The smallest absolute Gasteiger partial charge is 0.258 e. The lowest BCUT2D eigenvalue weighted by molar-refractivity contribution is -0.124. The van der Waals surface area contributed by atoms with Crippen LogP contribution in [0, 0.1) is 11.7 Å². The first-order valence-corrected chi connectivity index (χ1v) is 15.6. The van der Waals surface area contributed by atoms with Gasteiger partial charge >= 0.3 is 0 Å². The first kappa shape index (κ1) is 33.6. The molecule has 0 saturated heterocycles. The summed E-state index contributed by atoms with van der Waals surface area (Å²) in [4.78, 5) is 30.7. The van der Waals surface area contributed by atoms with E-state index in [1.54, 1.807) is 90.7 Å². The highest BCUT2D eigenvalue weighted by Crippen LogP contribution is 2.35. The third kappa shape index (κ3) is 8.15. The monoisotopic (exact) mass is 641 g/mol. The summed E-state index contributed by atoms with van der Waals surface area (Å²) in [6, 6.07) is 26.7. The number of halogens is 1. The summed E-state index contributed by atoms with van der Waals surface area (Å²) in [7, 11) is 1.96. The average molecular weight is 642 g/mol. The van der Waals surface area contributed by atoms with E-state index in [-0.39, 0.29) is 41.2 Å². The molecule has 0 fully saturated rings. The number of likely N-dealkylation sites (N-methyl/N-ethyl adjacent to an activating group) is 1. The molecule has 3 N–H and O–H groups in total. The molecule has 1 aliphatic rings. The Morgan fingerprint density at radius 3 is 2.45 bits per heavy atom. The lowest BCUT2D eigenvalue weighted by Crippen LogP contribution is -2.49. The number of rotatable bonds is 11. The van der Waals surface area contributed by atoms with Gasteiger partial charge in [-0.05, 0) is 61.5 Å². The molecular formula is C37H40FN3O6. The third-order valence-electron chi connectivity index (χ3n) is 8.24. The number of aliphatic hydroxyl groups is 2. The molecule has 4 aromatic rings. The number of hydrogen-bond donors (Lipinski definition) is 3. The van der Waals surface area contributed by atoms with Gasteiger partial charge < -0.3 is 29.9 Å². The summed E-state index contributed by atoms with van der Waals surface area (Å²) in [6.07, 6.45) is -1.84. The van der Waals surface area contributed by atoms with Crippen LogP contribution >= 0.6 is 0 Å². The maximum absolute atomic E-state index is 14.0. The molecule has 246 valence electrons. The van der Waals surface area contributed by atoms with E-state index in [1.807, 2.05) is 26.1 Å². The van der Waals surface area contributed by atoms with Gasteiger partial charge in [0.25, 0.3) is 11.8 Å². The molecule has 47 heavy (non-hydrogen) atoms. The molecule has 4 atom stereocenters. The van der Waals surface area contributed by atoms with Gasteiger partial charge in [-0.25, -0.2) is 4.39 Å². The van der Waals surface area contributed by atoms with Crippen LogP contribution in [0.15, 0.2) is 97.1 Å². The summed E-state index contributed by atoms with van der Waals surface area (Å²) in [5.74, 6) is -0.689. The van der Waals surface area contributed by atoms with Gasteiger partial charge in [0.05, 0.1) is 23.9 Å². The van der Waals surface area contributed by atoms with Gasteiger partial charge in [0.15, 0.2) is 23.4 Å². The first-order chi connectivity index (χ1) is 22.6. The lowest BCUT2D eigenvalue weighted by Gasteiger charge is -2.38. The Morgan fingerprint density at radius 2 is 1.74 bits per heavy atom. The normalized spacial score (nSPS) is 17.6. The number of nitrogens with one attached hydrogen (secondary N) is 1. The van der Waals surface area contributed by atoms with Crippen molar-refractivity contribution in [2.24, 2.45) is 5.92 Å². The number of para-hydroxylation sites is 2. The predicted molar refractivity (Wildman–Crippen MR) is 177 cm³/mol. The molecule has 10 heteroatoms. The fourth-order valence-electron chi connectivity index (χ4n) is 5.55. The molecule has 0 saturated carbocycles. The van der Waals surface area contributed by atoms with E-state index in [9.17, 15) is 24.2 Å². The van der Waals surface area contributed by atoms with Crippen LogP contribution in [0.1, 0.15) is 41.4 Å². The number of fused-ring (bicyclic) bond motifs is 1. The molecule has 0 aromatic heterocycles. The van der Waals surface area contributed by atoms with Crippen LogP contribution < -0.4 is 14.8 Å². The first-order valence-electron chi connectivity index (χ1n) is 15.6. The van der Waals surface area contributed by atoms with Crippen LogP contribution in [0.4, 0.5) is 10.1 Å². The minimum Gasteiger partial charge on any atom is -0.486 e. The Hall–Kier alpha value is -4.77. The van der Waals surface area contributed by atoms with Crippen molar-refractivity contribution in [2.75, 3.05) is 32.1 Å². The van der Waals surface area contributed by atoms with Gasteiger partial charge in [-0.1, -0.05) is 67.6 Å². The molecule has 9 nitrogen and oxygen atoms in total. The summed E-state index contributed by atoms with van der Waals surface area (Å²) in [5.41, 5.74) is 1.95. The third-order valence-corrected chi connectivity index (χ3v) is 8.24. The number of aliphatic hydroxyl groups excluding tert-OH is 2. The van der Waals surface area contributed by atoms with Crippen molar-refractivity contribution in [2.45, 2.75) is 38.6 Å². The number of ether oxygens (including phenoxy) is 2. The van der Waals surface area contributed by atoms with Crippen LogP contribution in [0.5, 0.6) is 17.2 Å². The molecule has 4 aromatic carbocycles. The van der Waals surface area contributed by atoms with Gasteiger partial charge in [0.2, 0.25) is 0 Å². The Morgan fingerprint density at radius 1 is 1.04 bits per heavy atom. The van der Waals surface area contributed by atoms with Crippen molar-refractivity contribution < 1.29 is 33.7 Å². The second-order valence-electron chi connectivity index (χ2n) is 12.0. The lowest BCUT2D eigenvalue weighted by atomic mass is 9.98. The summed E-state index contributed by atoms with van der Waals surface area (Å²) in [5, 5.41) is 23.5. The van der Waals surface area contributed by atoms with Crippen LogP contribution in [0.3, 0.4) is 0 Å². The number of carbonyl (C=O) groups excluding carboxylic acids is 2. The molecule has 1 aliphatic heterocycles. The fourth-order valence-corrected chi connectivity index (χ4v) is 5.55. The molecule has 0 aliphatic carbocycles. The van der Waals surface area contributed by atoms with Crippen molar-refractivity contribution in [3.8, 4) is 17.2 Å². The quantitative estimate of drug-likeness (QED) is 0.194. The maximum Gasteiger partial charge on any atom is 0.258 e. The Balaban J connectivity index is 1.36. The standard InChI is InChI=1S/C37H40FN3O6/c1-24-20-41(25(2)23-42)37(45)29-12-9-14-31(39-36(44)34(43)27-10-5-4-6-11-27)35(29)47-33(24)22-40(3)21-26-16-18-28(19-17-26)46-32-15-8-7-13-30(32)38/h4-19,24-25,33-34,42-43H,20-23H2,1-3H3,(H,39,44)/t24-,25+,33-,34?/m1/s1. The van der Waals surface area contributed by atoms with Gasteiger partial charge in [0, 0.05) is 25.6 Å². The zero-order valence-corrected chi connectivity index (χ0v) is 26.7. The van der Waals surface area contributed by atoms with Crippen molar-refractivity contribution in [3.05, 3.63) is 120 Å². The predicted octanol–water partition coefficient (Wildman–Crippen LogP) is 5.64. The van der Waals surface area contributed by atoms with Crippen molar-refractivity contribution >= 4 is 17.5 Å². The Kier molecular flexibility index (Phi) is 10.9. The largest absolute Gasteiger partial charge is 0.486 e. The van der Waals surface area contributed by atoms with Gasteiger partial charge in [-0.3, -0.25) is 14.5 Å². The highest BCUT2D eigenvalue weighted by atomic mass is 19.1. The topological polar surface area (TPSA) is 112 Å². The molecule has 1 heterocycles.